The zero-order valence-electron chi connectivity index (χ0n) is 6.99. The second kappa shape index (κ2) is 3.25. The Kier molecular flexibility index (Phi) is 1.94. The highest BCUT2D eigenvalue weighted by Gasteiger charge is 1.98. The van der Waals surface area contributed by atoms with Gasteiger partial charge >= 0.3 is 0 Å². The average Bonchev–Trinajstić information content (AvgIpc) is 2.71. The number of rotatable bonds is 2. The number of nitrogens with zero attached hydrogens (tertiary/aromatic N) is 4. The molecule has 0 saturated carbocycles. The minimum absolute atomic E-state index is 0.0360. The molecule has 0 aromatic carbocycles. The molecule has 2 rings (SSSR count). The Morgan fingerprint density at radius 1 is 1.43 bits per heavy atom. The molecule has 70 valence electrons. The molecule has 0 aliphatic carbocycles. The molecule has 0 atom stereocenters. The predicted octanol–water partition coefficient (Wildman–Crippen LogP) is -0.974. The number of pyridine rings is 1. The second-order valence-corrected chi connectivity index (χ2v) is 2.53. The fourth-order valence-electron chi connectivity index (χ4n) is 0.969. The molecule has 0 N–H and O–H groups in total. The van der Waals surface area contributed by atoms with Crippen LogP contribution in [-0.4, -0.2) is 25.7 Å². The van der Waals surface area contributed by atoms with Gasteiger partial charge in [-0.1, -0.05) is 0 Å². The van der Waals surface area contributed by atoms with Gasteiger partial charge in [-0.3, -0.25) is 0 Å². The third kappa shape index (κ3) is 1.45. The first-order chi connectivity index (χ1) is 6.77. The van der Waals surface area contributed by atoms with E-state index in [4.69, 9.17) is 0 Å². The molecular weight excluding hydrogens is 184 g/mol. The van der Waals surface area contributed by atoms with Gasteiger partial charge in [-0.25, -0.2) is 14.6 Å². The van der Waals surface area contributed by atoms with E-state index in [9.17, 15) is 9.90 Å². The largest absolute Gasteiger partial charge is 0.545 e. The van der Waals surface area contributed by atoms with Crippen LogP contribution < -0.4 is 5.11 Å². The lowest BCUT2D eigenvalue weighted by Gasteiger charge is -2.02. The van der Waals surface area contributed by atoms with E-state index in [1.54, 1.807) is 0 Å². The monoisotopic (exact) mass is 189 g/mol. The molecule has 2 heterocycles. The SMILES string of the molecule is O=C([O-])c1ccc(-n2cncn2)nc1. The first kappa shape index (κ1) is 8.36. The summed E-state index contributed by atoms with van der Waals surface area (Å²) < 4.78 is 1.43. The molecule has 0 unspecified atom stereocenters. The zero-order chi connectivity index (χ0) is 9.97. The van der Waals surface area contributed by atoms with Crippen molar-refractivity contribution in [3.63, 3.8) is 0 Å². The molecule has 0 spiro atoms. The molecule has 2 aromatic rings. The summed E-state index contributed by atoms with van der Waals surface area (Å²) in [6.07, 6.45) is 4.06. The third-order valence-electron chi connectivity index (χ3n) is 1.64. The van der Waals surface area contributed by atoms with Gasteiger partial charge in [0.05, 0.1) is 5.97 Å². The third-order valence-corrected chi connectivity index (χ3v) is 1.64. The molecule has 14 heavy (non-hydrogen) atoms. The van der Waals surface area contributed by atoms with E-state index < -0.39 is 5.97 Å². The van der Waals surface area contributed by atoms with Gasteiger partial charge in [0, 0.05) is 11.8 Å². The molecule has 6 heteroatoms. The summed E-state index contributed by atoms with van der Waals surface area (Å²) in [6.45, 7) is 0. The van der Waals surface area contributed by atoms with Crippen LogP contribution in [0.5, 0.6) is 0 Å². The average molecular weight is 189 g/mol. The van der Waals surface area contributed by atoms with Crippen LogP contribution in [0.4, 0.5) is 0 Å². The van der Waals surface area contributed by atoms with Crippen LogP contribution in [0.2, 0.25) is 0 Å². The van der Waals surface area contributed by atoms with Gasteiger partial charge in [0.2, 0.25) is 0 Å². The highest BCUT2D eigenvalue weighted by Crippen LogP contribution is 2.02. The lowest BCUT2D eigenvalue weighted by atomic mass is 10.3. The van der Waals surface area contributed by atoms with Gasteiger partial charge in [-0.05, 0) is 12.1 Å². The molecule has 0 radical (unpaired) electrons. The number of carboxylic acid groups (broad SMARTS) is 1. The molecular formula is C8H5N4O2-. The number of hydrogen-bond acceptors (Lipinski definition) is 5. The first-order valence-electron chi connectivity index (χ1n) is 3.80. The van der Waals surface area contributed by atoms with Crippen molar-refractivity contribution in [3.8, 4) is 5.82 Å². The standard InChI is InChI=1S/C8H6N4O2/c13-8(14)6-1-2-7(10-3-6)12-5-9-4-11-12/h1-5H,(H,13,14)/p-1. The highest BCUT2D eigenvalue weighted by atomic mass is 16.4. The Morgan fingerprint density at radius 3 is 2.79 bits per heavy atom. The van der Waals surface area contributed by atoms with Gasteiger partial charge in [0.15, 0.2) is 5.82 Å². The molecule has 0 amide bonds. The molecule has 0 fully saturated rings. The topological polar surface area (TPSA) is 83.7 Å². The van der Waals surface area contributed by atoms with Gasteiger partial charge < -0.3 is 9.90 Å². The van der Waals surface area contributed by atoms with Crippen molar-refractivity contribution in [3.05, 3.63) is 36.5 Å². The van der Waals surface area contributed by atoms with Crippen molar-refractivity contribution in [1.82, 2.24) is 19.7 Å². The molecule has 0 saturated heterocycles. The van der Waals surface area contributed by atoms with Crippen LogP contribution >= 0.6 is 0 Å². The summed E-state index contributed by atoms with van der Waals surface area (Å²) in [5.41, 5.74) is 0.0360. The van der Waals surface area contributed by atoms with Gasteiger partial charge in [-0.15, -0.1) is 0 Å². The quantitative estimate of drug-likeness (QED) is 0.606. The van der Waals surface area contributed by atoms with Crippen LogP contribution in [-0.2, 0) is 0 Å². The second-order valence-electron chi connectivity index (χ2n) is 2.53. The summed E-state index contributed by atoms with van der Waals surface area (Å²) in [5, 5.41) is 14.3. The van der Waals surface area contributed by atoms with Crippen molar-refractivity contribution in [1.29, 1.82) is 0 Å². The lowest BCUT2D eigenvalue weighted by molar-refractivity contribution is -0.255. The first-order valence-corrected chi connectivity index (χ1v) is 3.80. The maximum Gasteiger partial charge on any atom is 0.155 e. The number of hydrogen-bond donors (Lipinski definition) is 0. The number of aromatic carboxylic acids is 1. The van der Waals surface area contributed by atoms with Crippen molar-refractivity contribution >= 4 is 5.97 Å². The summed E-state index contributed by atoms with van der Waals surface area (Å²) in [5.74, 6) is -0.741. The number of aromatic nitrogens is 4. The van der Waals surface area contributed by atoms with E-state index in [-0.39, 0.29) is 5.56 Å². The smallest absolute Gasteiger partial charge is 0.155 e. The van der Waals surface area contributed by atoms with Crippen LogP contribution in [0.25, 0.3) is 5.82 Å². The van der Waals surface area contributed by atoms with E-state index >= 15 is 0 Å². The van der Waals surface area contributed by atoms with Crippen LogP contribution in [0.15, 0.2) is 31.0 Å². The van der Waals surface area contributed by atoms with E-state index in [0.717, 1.165) is 0 Å². The molecule has 0 aliphatic heterocycles. The molecule has 2 aromatic heterocycles. The number of carbonyl (C=O) groups is 1. The molecule has 0 bridgehead atoms. The Balaban J connectivity index is 2.36. The summed E-state index contributed by atoms with van der Waals surface area (Å²) in [6, 6.07) is 2.93. The normalized spacial score (nSPS) is 10.0. The zero-order valence-corrected chi connectivity index (χ0v) is 6.99. The van der Waals surface area contributed by atoms with E-state index in [2.05, 4.69) is 15.1 Å². The fraction of sp³-hybridized carbons (Fsp3) is 0. The van der Waals surface area contributed by atoms with Crippen LogP contribution in [0.3, 0.4) is 0 Å². The summed E-state index contributed by atoms with van der Waals surface area (Å²) in [7, 11) is 0. The maximum atomic E-state index is 10.4. The lowest BCUT2D eigenvalue weighted by Crippen LogP contribution is -2.22. The maximum absolute atomic E-state index is 10.4. The van der Waals surface area contributed by atoms with Crippen molar-refractivity contribution in [2.45, 2.75) is 0 Å². The minimum Gasteiger partial charge on any atom is -0.545 e. The Bertz CT molecular complexity index is 435. The number of carboxylic acids is 1. The minimum atomic E-state index is -1.25. The number of carbonyl (C=O) groups excluding carboxylic acids is 1. The van der Waals surface area contributed by atoms with Gasteiger partial charge in [-0.2, -0.15) is 5.10 Å². The van der Waals surface area contributed by atoms with Crippen molar-refractivity contribution in [2.75, 3.05) is 0 Å². The summed E-state index contributed by atoms with van der Waals surface area (Å²) >= 11 is 0. The van der Waals surface area contributed by atoms with Gasteiger partial charge in [0.1, 0.15) is 12.7 Å². The van der Waals surface area contributed by atoms with Crippen LogP contribution in [0.1, 0.15) is 10.4 Å². The van der Waals surface area contributed by atoms with E-state index in [1.807, 2.05) is 0 Å². The van der Waals surface area contributed by atoms with E-state index in [0.29, 0.717) is 5.82 Å². The highest BCUT2D eigenvalue weighted by molar-refractivity contribution is 5.85. The summed E-state index contributed by atoms with van der Waals surface area (Å²) in [4.78, 5) is 18.0. The van der Waals surface area contributed by atoms with Gasteiger partial charge in [0.25, 0.3) is 0 Å². The van der Waals surface area contributed by atoms with Crippen LogP contribution in [0, 0.1) is 0 Å². The predicted molar refractivity (Wildman–Crippen MR) is 43.5 cm³/mol. The van der Waals surface area contributed by atoms with Crippen molar-refractivity contribution in [2.24, 2.45) is 0 Å². The Morgan fingerprint density at radius 2 is 2.29 bits per heavy atom. The Labute approximate surface area is 78.9 Å². The Hall–Kier alpha value is -2.24. The molecule has 0 aliphatic rings. The fourth-order valence-corrected chi connectivity index (χ4v) is 0.969. The molecule has 6 nitrogen and oxygen atoms in total. The van der Waals surface area contributed by atoms with E-state index in [1.165, 1.54) is 35.7 Å². The van der Waals surface area contributed by atoms with Crippen molar-refractivity contribution < 1.29 is 9.90 Å².